The van der Waals surface area contributed by atoms with Crippen LogP contribution in [0.5, 0.6) is 0 Å². The zero-order valence-electron chi connectivity index (χ0n) is 43.0. The number of nitrogens with zero attached hydrogens (tertiary/aromatic N) is 1. The lowest BCUT2D eigenvalue weighted by atomic mass is 9.93. The van der Waals surface area contributed by atoms with Crippen molar-refractivity contribution in [1.82, 2.24) is 4.90 Å². The van der Waals surface area contributed by atoms with Crippen molar-refractivity contribution in [1.29, 1.82) is 0 Å². The van der Waals surface area contributed by atoms with Crippen LogP contribution in [0.15, 0.2) is 0 Å². The predicted molar refractivity (Wildman–Crippen MR) is 268 cm³/mol. The largest absolute Gasteiger partial charge is 0.465 e. The van der Waals surface area contributed by atoms with Crippen LogP contribution in [0.2, 0.25) is 0 Å². The zero-order valence-corrected chi connectivity index (χ0v) is 43.0. The predicted octanol–water partition coefficient (Wildman–Crippen LogP) is 18.1. The molecule has 2 unspecified atom stereocenters. The minimum absolute atomic E-state index is 0.0238. The number of hydrogen-bond acceptors (Lipinski definition) is 5. The molecule has 0 N–H and O–H groups in total. The molecule has 0 aromatic rings. The molecule has 0 aliphatic carbocycles. The van der Waals surface area contributed by atoms with Crippen molar-refractivity contribution in [3.63, 3.8) is 0 Å². The average Bonchev–Trinajstić information content (AvgIpc) is 3.24. The lowest BCUT2D eigenvalue weighted by molar-refractivity contribution is -0.146. The minimum Gasteiger partial charge on any atom is -0.465 e. The fourth-order valence-corrected chi connectivity index (χ4v) is 9.37. The zero-order chi connectivity index (χ0) is 45.1. The van der Waals surface area contributed by atoms with E-state index < -0.39 is 0 Å². The van der Waals surface area contributed by atoms with Crippen LogP contribution in [0.25, 0.3) is 0 Å². The fraction of sp³-hybridized carbons (Fsp3) is 0.964. The highest BCUT2D eigenvalue weighted by atomic mass is 16.5. The van der Waals surface area contributed by atoms with Gasteiger partial charge in [-0.3, -0.25) is 14.5 Å². The minimum atomic E-state index is 0.0238. The van der Waals surface area contributed by atoms with E-state index in [0.29, 0.717) is 43.9 Å². The van der Waals surface area contributed by atoms with Gasteiger partial charge in [0.1, 0.15) is 0 Å². The van der Waals surface area contributed by atoms with Gasteiger partial charge in [0.05, 0.1) is 13.2 Å². The maximum absolute atomic E-state index is 12.6. The van der Waals surface area contributed by atoms with Crippen LogP contribution in [-0.4, -0.2) is 48.2 Å². The third-order valence-electron chi connectivity index (χ3n) is 13.5. The maximum atomic E-state index is 12.6. The molecule has 2 atom stereocenters. The summed E-state index contributed by atoms with van der Waals surface area (Å²) in [7, 11) is 0. The Bertz CT molecular complexity index is 874. The van der Waals surface area contributed by atoms with Crippen LogP contribution in [0, 0.1) is 11.8 Å². The second-order valence-electron chi connectivity index (χ2n) is 20.5. The van der Waals surface area contributed by atoms with Gasteiger partial charge in [0.15, 0.2) is 0 Å². The average molecular weight is 863 g/mol. The van der Waals surface area contributed by atoms with Crippen molar-refractivity contribution in [3.05, 3.63) is 0 Å². The van der Waals surface area contributed by atoms with Crippen molar-refractivity contribution >= 4 is 11.9 Å². The molecule has 0 amide bonds. The van der Waals surface area contributed by atoms with E-state index in [0.717, 1.165) is 25.7 Å². The van der Waals surface area contributed by atoms with Gasteiger partial charge in [-0.05, 0) is 96.9 Å². The number of ether oxygens (including phenoxy) is 2. The molecule has 5 nitrogen and oxygen atoms in total. The first-order valence-electron chi connectivity index (χ1n) is 27.7. The lowest BCUT2D eigenvalue weighted by Gasteiger charge is -2.42. The second-order valence-corrected chi connectivity index (χ2v) is 20.5. The van der Waals surface area contributed by atoms with E-state index in [-0.39, 0.29) is 17.5 Å². The summed E-state index contributed by atoms with van der Waals surface area (Å²) in [6, 6.07) is 0.658. The topological polar surface area (TPSA) is 55.8 Å². The molecule has 0 saturated heterocycles. The molecular formula is C56H111NO4. The number of unbranched alkanes of at least 4 members (excludes halogenated alkanes) is 24. The first kappa shape index (κ1) is 59.9. The molecule has 0 aromatic heterocycles. The van der Waals surface area contributed by atoms with Gasteiger partial charge in [0.2, 0.25) is 0 Å². The van der Waals surface area contributed by atoms with E-state index in [9.17, 15) is 9.59 Å². The number of carbonyl (C=O) groups is 2. The quantitative estimate of drug-likeness (QED) is 0.0451. The molecule has 0 spiro atoms. The Morgan fingerprint density at radius 1 is 0.377 bits per heavy atom. The molecule has 0 aliphatic rings. The summed E-state index contributed by atoms with van der Waals surface area (Å²) in [5.41, 5.74) is 0.187. The molecule has 0 aromatic carbocycles. The highest BCUT2D eigenvalue weighted by molar-refractivity contribution is 5.69. The molecule has 0 rings (SSSR count). The third kappa shape index (κ3) is 39.0. The smallest absolute Gasteiger partial charge is 0.305 e. The van der Waals surface area contributed by atoms with Crippen LogP contribution < -0.4 is 0 Å². The summed E-state index contributed by atoms with van der Waals surface area (Å²) in [5.74, 6) is 1.14. The fourth-order valence-electron chi connectivity index (χ4n) is 9.37. The number of rotatable bonds is 47. The van der Waals surface area contributed by atoms with E-state index in [1.807, 2.05) is 0 Å². The van der Waals surface area contributed by atoms with Gasteiger partial charge in [-0.15, -0.1) is 0 Å². The van der Waals surface area contributed by atoms with Gasteiger partial charge >= 0.3 is 11.9 Å². The van der Waals surface area contributed by atoms with Crippen molar-refractivity contribution in [3.8, 4) is 0 Å². The molecule has 5 heteroatoms. The summed E-state index contributed by atoms with van der Waals surface area (Å²) in [6.07, 6.45) is 47.9. The Hall–Kier alpha value is -1.10. The van der Waals surface area contributed by atoms with Gasteiger partial charge in [0, 0.05) is 24.4 Å². The van der Waals surface area contributed by atoms with E-state index in [4.69, 9.17) is 9.47 Å². The first-order chi connectivity index (χ1) is 29.6. The number of carbonyl (C=O) groups excluding carboxylic acids is 2. The summed E-state index contributed by atoms with van der Waals surface area (Å²) in [4.78, 5) is 28.0. The highest BCUT2D eigenvalue weighted by Gasteiger charge is 2.28. The molecule has 364 valence electrons. The van der Waals surface area contributed by atoms with Crippen LogP contribution in [0.3, 0.4) is 0 Å². The van der Waals surface area contributed by atoms with Crippen molar-refractivity contribution in [2.45, 2.75) is 317 Å². The Kier molecular flexibility index (Phi) is 43.3. The van der Waals surface area contributed by atoms with E-state index in [1.54, 1.807) is 0 Å². The lowest BCUT2D eigenvalue weighted by Crippen LogP contribution is -2.48. The van der Waals surface area contributed by atoms with Crippen LogP contribution in [0.1, 0.15) is 306 Å². The van der Waals surface area contributed by atoms with Gasteiger partial charge in [0.25, 0.3) is 0 Å². The molecule has 0 fully saturated rings. The monoisotopic (exact) mass is 862 g/mol. The molecule has 0 aliphatic heterocycles. The molecular weight excluding hydrogens is 751 g/mol. The van der Waals surface area contributed by atoms with Crippen LogP contribution in [-0.2, 0) is 19.1 Å². The standard InChI is InChI=1S/C56H111NO4/c1-9-14-19-22-27-32-39-48-57(56(6,7)8)53(44-35-28-23-25-30-37-46-54(58)60-49-51(40-17-12-4)42-33-20-15-10-2)45-36-29-24-26-31-38-47-55(59)61-50-52(41-18-13-5)43-34-21-16-11-3/h51-53H,9-50H2,1-8H3. The molecule has 0 bridgehead atoms. The van der Waals surface area contributed by atoms with Crippen LogP contribution in [0.4, 0.5) is 0 Å². The van der Waals surface area contributed by atoms with Crippen molar-refractivity contribution < 1.29 is 19.1 Å². The van der Waals surface area contributed by atoms with Crippen molar-refractivity contribution in [2.75, 3.05) is 19.8 Å². The van der Waals surface area contributed by atoms with Crippen molar-refractivity contribution in [2.24, 2.45) is 11.8 Å². The second kappa shape index (κ2) is 44.1. The van der Waals surface area contributed by atoms with Gasteiger partial charge < -0.3 is 9.47 Å². The summed E-state index contributed by atoms with van der Waals surface area (Å²) >= 11 is 0. The molecule has 0 radical (unpaired) electrons. The molecule has 0 saturated carbocycles. The third-order valence-corrected chi connectivity index (χ3v) is 13.5. The van der Waals surface area contributed by atoms with E-state index >= 15 is 0 Å². The summed E-state index contributed by atoms with van der Waals surface area (Å²) in [6.45, 7) is 21.2. The Morgan fingerprint density at radius 2 is 0.672 bits per heavy atom. The highest BCUT2D eigenvalue weighted by Crippen LogP contribution is 2.27. The SMILES string of the molecule is CCCCCCCCCN(C(CCCCCCCCC(=O)OCC(CCCC)CCCCCC)CCCCCCCCC(=O)OCC(CCCC)CCCCCC)C(C)(C)C. The van der Waals surface area contributed by atoms with Crippen LogP contribution >= 0.6 is 0 Å². The van der Waals surface area contributed by atoms with E-state index in [1.165, 1.54) is 218 Å². The molecule has 61 heavy (non-hydrogen) atoms. The van der Waals surface area contributed by atoms with Gasteiger partial charge in [-0.2, -0.15) is 0 Å². The molecule has 0 heterocycles. The summed E-state index contributed by atoms with van der Waals surface area (Å²) < 4.78 is 11.6. The summed E-state index contributed by atoms with van der Waals surface area (Å²) in [5, 5.41) is 0. The van der Waals surface area contributed by atoms with Gasteiger partial charge in [-0.1, -0.05) is 214 Å². The Morgan fingerprint density at radius 3 is 1.05 bits per heavy atom. The Labute approximate surface area is 383 Å². The maximum Gasteiger partial charge on any atom is 0.305 e. The first-order valence-corrected chi connectivity index (χ1v) is 27.7. The normalized spacial score (nSPS) is 13.5. The number of esters is 2. The van der Waals surface area contributed by atoms with E-state index in [2.05, 4.69) is 60.3 Å². The Balaban J connectivity index is 4.72. The number of hydrogen-bond donors (Lipinski definition) is 0. The van der Waals surface area contributed by atoms with Gasteiger partial charge in [-0.25, -0.2) is 0 Å².